The van der Waals surface area contributed by atoms with Crippen LogP contribution in [0.2, 0.25) is 0 Å². The van der Waals surface area contributed by atoms with Crippen molar-refractivity contribution in [2.75, 3.05) is 41.7 Å². The number of nitrogens with two attached hydrogens (primary N) is 1. The molecule has 1 fully saturated rings. The van der Waals surface area contributed by atoms with Crippen LogP contribution in [0.3, 0.4) is 0 Å². The number of hydrogen-bond acceptors (Lipinski definition) is 3. The van der Waals surface area contributed by atoms with E-state index in [4.69, 9.17) is 5.73 Å². The lowest BCUT2D eigenvalue weighted by Crippen LogP contribution is -2.46. The summed E-state index contributed by atoms with van der Waals surface area (Å²) in [5.41, 5.74) is 9.60. The van der Waals surface area contributed by atoms with E-state index in [9.17, 15) is 4.39 Å². The first-order valence-electron chi connectivity index (χ1n) is 7.24. The number of nitrogens with zero attached hydrogens (tertiary/aromatic N) is 2. The van der Waals surface area contributed by atoms with E-state index in [0.29, 0.717) is 5.69 Å². The fourth-order valence-electron chi connectivity index (χ4n) is 2.83. The van der Waals surface area contributed by atoms with Gasteiger partial charge in [0.05, 0.1) is 0 Å². The lowest BCUT2D eigenvalue weighted by atomic mass is 10.1. The topological polar surface area (TPSA) is 32.5 Å². The fourth-order valence-corrected chi connectivity index (χ4v) is 2.83. The summed E-state index contributed by atoms with van der Waals surface area (Å²) in [6, 6.07) is 13.3. The van der Waals surface area contributed by atoms with Crippen molar-refractivity contribution in [3.05, 3.63) is 53.8 Å². The molecular weight excluding hydrogens is 265 g/mol. The van der Waals surface area contributed by atoms with Crippen molar-refractivity contribution in [2.45, 2.75) is 6.92 Å². The third-order valence-corrected chi connectivity index (χ3v) is 3.92. The van der Waals surface area contributed by atoms with E-state index in [0.717, 1.165) is 31.9 Å². The second-order valence-electron chi connectivity index (χ2n) is 5.56. The van der Waals surface area contributed by atoms with Gasteiger partial charge >= 0.3 is 0 Å². The van der Waals surface area contributed by atoms with Gasteiger partial charge in [-0.2, -0.15) is 0 Å². The van der Waals surface area contributed by atoms with E-state index in [1.54, 1.807) is 6.07 Å². The average molecular weight is 285 g/mol. The predicted molar refractivity (Wildman–Crippen MR) is 86.4 cm³/mol. The highest BCUT2D eigenvalue weighted by Crippen LogP contribution is 2.23. The standard InChI is InChI=1S/C17H20FN3/c1-13-3-2-4-16(9-13)20-5-7-21(8-6-20)17-11-14(18)10-15(19)12-17/h2-4,9-12H,5-8,19H2,1H3. The van der Waals surface area contributed by atoms with Crippen LogP contribution in [-0.4, -0.2) is 26.2 Å². The molecule has 0 spiro atoms. The Hall–Kier alpha value is -2.23. The smallest absolute Gasteiger partial charge is 0.127 e. The second-order valence-corrected chi connectivity index (χ2v) is 5.56. The lowest BCUT2D eigenvalue weighted by molar-refractivity contribution is 0.621. The van der Waals surface area contributed by atoms with Crippen LogP contribution in [0.25, 0.3) is 0 Å². The molecule has 1 saturated heterocycles. The predicted octanol–water partition coefficient (Wildman–Crippen LogP) is 3.04. The SMILES string of the molecule is Cc1cccc(N2CCN(c3cc(N)cc(F)c3)CC2)c1. The van der Waals surface area contributed by atoms with Crippen molar-refractivity contribution in [1.82, 2.24) is 0 Å². The number of nitrogen functional groups attached to an aromatic ring is 1. The molecule has 0 bridgehead atoms. The summed E-state index contributed by atoms with van der Waals surface area (Å²) in [6.45, 7) is 5.71. The Morgan fingerprint density at radius 3 is 2.19 bits per heavy atom. The maximum Gasteiger partial charge on any atom is 0.127 e. The van der Waals surface area contributed by atoms with E-state index in [2.05, 4.69) is 41.0 Å². The molecule has 3 nitrogen and oxygen atoms in total. The Bertz CT molecular complexity index is 613. The van der Waals surface area contributed by atoms with Gasteiger partial charge in [-0.15, -0.1) is 0 Å². The molecule has 2 N–H and O–H groups in total. The Kier molecular flexibility index (Phi) is 3.69. The molecule has 2 aromatic carbocycles. The highest BCUT2D eigenvalue weighted by Gasteiger charge is 2.18. The van der Waals surface area contributed by atoms with Gasteiger partial charge in [0.2, 0.25) is 0 Å². The van der Waals surface area contributed by atoms with Crippen LogP contribution in [-0.2, 0) is 0 Å². The Morgan fingerprint density at radius 1 is 0.905 bits per heavy atom. The minimum absolute atomic E-state index is 0.272. The van der Waals surface area contributed by atoms with E-state index in [1.165, 1.54) is 17.3 Å². The Balaban J connectivity index is 1.70. The summed E-state index contributed by atoms with van der Waals surface area (Å²) in [6.07, 6.45) is 0. The van der Waals surface area contributed by atoms with Gasteiger partial charge in [-0.3, -0.25) is 0 Å². The highest BCUT2D eigenvalue weighted by atomic mass is 19.1. The minimum atomic E-state index is -0.272. The van der Waals surface area contributed by atoms with Gasteiger partial charge in [0.15, 0.2) is 0 Å². The molecule has 0 amide bonds. The molecule has 2 aromatic rings. The van der Waals surface area contributed by atoms with E-state index in [1.807, 2.05) is 6.07 Å². The normalized spacial score (nSPS) is 15.3. The van der Waals surface area contributed by atoms with Crippen LogP contribution in [0, 0.1) is 12.7 Å². The van der Waals surface area contributed by atoms with Crippen LogP contribution in [0.4, 0.5) is 21.5 Å². The van der Waals surface area contributed by atoms with Crippen molar-refractivity contribution < 1.29 is 4.39 Å². The molecule has 1 aliphatic rings. The van der Waals surface area contributed by atoms with Gasteiger partial charge in [-0.25, -0.2) is 4.39 Å². The van der Waals surface area contributed by atoms with Gasteiger partial charge in [-0.1, -0.05) is 12.1 Å². The molecule has 0 saturated carbocycles. The summed E-state index contributed by atoms with van der Waals surface area (Å²) < 4.78 is 13.5. The summed E-state index contributed by atoms with van der Waals surface area (Å²) in [5.74, 6) is -0.272. The number of benzene rings is 2. The number of piperazine rings is 1. The van der Waals surface area contributed by atoms with E-state index >= 15 is 0 Å². The van der Waals surface area contributed by atoms with Crippen molar-refractivity contribution >= 4 is 17.1 Å². The maximum absolute atomic E-state index is 13.5. The zero-order valence-electron chi connectivity index (χ0n) is 12.2. The highest BCUT2D eigenvalue weighted by molar-refractivity contribution is 5.58. The molecule has 21 heavy (non-hydrogen) atoms. The first kappa shape index (κ1) is 13.7. The van der Waals surface area contributed by atoms with Gasteiger partial charge in [0, 0.05) is 43.2 Å². The summed E-state index contributed by atoms with van der Waals surface area (Å²) in [5, 5.41) is 0. The molecule has 0 unspecified atom stereocenters. The maximum atomic E-state index is 13.5. The molecule has 3 rings (SSSR count). The lowest BCUT2D eigenvalue weighted by Gasteiger charge is -2.37. The first-order valence-corrected chi connectivity index (χ1v) is 7.24. The molecule has 0 radical (unpaired) electrons. The van der Waals surface area contributed by atoms with Crippen molar-refractivity contribution in [2.24, 2.45) is 0 Å². The number of aryl methyl sites for hydroxylation is 1. The molecule has 110 valence electrons. The average Bonchev–Trinajstić information content (AvgIpc) is 2.46. The summed E-state index contributed by atoms with van der Waals surface area (Å²) in [4.78, 5) is 4.55. The first-order chi connectivity index (χ1) is 10.1. The summed E-state index contributed by atoms with van der Waals surface area (Å²) in [7, 11) is 0. The van der Waals surface area contributed by atoms with Gasteiger partial charge in [0.1, 0.15) is 5.82 Å². The summed E-state index contributed by atoms with van der Waals surface area (Å²) >= 11 is 0. The minimum Gasteiger partial charge on any atom is -0.399 e. The molecule has 0 aromatic heterocycles. The van der Waals surface area contributed by atoms with Crippen LogP contribution in [0.1, 0.15) is 5.56 Å². The van der Waals surface area contributed by atoms with E-state index < -0.39 is 0 Å². The zero-order chi connectivity index (χ0) is 14.8. The van der Waals surface area contributed by atoms with Crippen molar-refractivity contribution in [3.63, 3.8) is 0 Å². The molecule has 1 aliphatic heterocycles. The second kappa shape index (κ2) is 5.64. The molecule has 4 heteroatoms. The van der Waals surface area contributed by atoms with Crippen LogP contribution >= 0.6 is 0 Å². The largest absolute Gasteiger partial charge is 0.399 e. The third kappa shape index (κ3) is 3.10. The van der Waals surface area contributed by atoms with Gasteiger partial charge < -0.3 is 15.5 Å². The third-order valence-electron chi connectivity index (χ3n) is 3.92. The van der Waals surface area contributed by atoms with Crippen LogP contribution in [0.5, 0.6) is 0 Å². The van der Waals surface area contributed by atoms with Gasteiger partial charge in [-0.05, 0) is 42.8 Å². The number of halogens is 1. The quantitative estimate of drug-likeness (QED) is 0.861. The Morgan fingerprint density at radius 2 is 1.57 bits per heavy atom. The number of anilines is 3. The molecule has 0 atom stereocenters. The Labute approximate surface area is 124 Å². The molecule has 0 aliphatic carbocycles. The van der Waals surface area contributed by atoms with Crippen LogP contribution in [0.15, 0.2) is 42.5 Å². The van der Waals surface area contributed by atoms with Crippen molar-refractivity contribution in [3.8, 4) is 0 Å². The molecular formula is C17H20FN3. The van der Waals surface area contributed by atoms with Crippen molar-refractivity contribution in [1.29, 1.82) is 0 Å². The monoisotopic (exact) mass is 285 g/mol. The number of hydrogen-bond donors (Lipinski definition) is 1. The zero-order valence-corrected chi connectivity index (χ0v) is 12.2. The fraction of sp³-hybridized carbons (Fsp3) is 0.294. The van der Waals surface area contributed by atoms with Gasteiger partial charge in [0.25, 0.3) is 0 Å². The number of rotatable bonds is 2. The van der Waals surface area contributed by atoms with Crippen LogP contribution < -0.4 is 15.5 Å². The molecule has 1 heterocycles. The van der Waals surface area contributed by atoms with E-state index in [-0.39, 0.29) is 5.82 Å².